The van der Waals surface area contributed by atoms with Gasteiger partial charge in [-0.2, -0.15) is 0 Å². The molecule has 1 fully saturated rings. The summed E-state index contributed by atoms with van der Waals surface area (Å²) in [6, 6.07) is 11.1. The van der Waals surface area contributed by atoms with Gasteiger partial charge in [-0.25, -0.2) is 4.79 Å². The van der Waals surface area contributed by atoms with Crippen molar-refractivity contribution in [3.05, 3.63) is 53.7 Å². The molecule has 24 heavy (non-hydrogen) atoms. The van der Waals surface area contributed by atoms with E-state index in [0.29, 0.717) is 12.1 Å². The molecular weight excluding hydrogens is 308 g/mol. The number of carbonyl (C=O) groups is 2. The highest BCUT2D eigenvalue weighted by Gasteiger charge is 2.30. The van der Waals surface area contributed by atoms with Crippen LogP contribution in [0.5, 0.6) is 0 Å². The fourth-order valence-electron chi connectivity index (χ4n) is 2.82. The number of hydrogen-bond donors (Lipinski definition) is 1. The van der Waals surface area contributed by atoms with Crippen molar-refractivity contribution in [2.24, 2.45) is 0 Å². The quantitative estimate of drug-likeness (QED) is 0.933. The molecule has 1 N–H and O–H groups in total. The minimum atomic E-state index is -1.05. The molecule has 3 rings (SSSR count). The average Bonchev–Trinajstić information content (AvgIpc) is 2.62. The topological polar surface area (TPSA) is 79.7 Å². The standard InChI is InChI=1S/C18H18N2O4/c1-12-13(15-7-2-3-8-19-15)5-4-6-14(12)17(21)20-9-10-24-16(11-20)18(22)23/h2-8,16H,9-11H2,1H3,(H,22,23)/t16-/m1/s1. The van der Waals surface area contributed by atoms with E-state index in [4.69, 9.17) is 9.84 Å². The number of carboxylic acids is 1. The summed E-state index contributed by atoms with van der Waals surface area (Å²) in [6.45, 7) is 2.55. The predicted octanol–water partition coefficient (Wildman–Crippen LogP) is 1.98. The van der Waals surface area contributed by atoms with Crippen molar-refractivity contribution in [2.45, 2.75) is 13.0 Å². The van der Waals surface area contributed by atoms with Gasteiger partial charge < -0.3 is 14.7 Å². The van der Waals surface area contributed by atoms with E-state index in [1.54, 1.807) is 12.3 Å². The lowest BCUT2D eigenvalue weighted by molar-refractivity contribution is -0.154. The fourth-order valence-corrected chi connectivity index (χ4v) is 2.82. The average molecular weight is 326 g/mol. The van der Waals surface area contributed by atoms with Crippen LogP contribution < -0.4 is 0 Å². The van der Waals surface area contributed by atoms with Gasteiger partial charge in [0.2, 0.25) is 0 Å². The van der Waals surface area contributed by atoms with Crippen molar-refractivity contribution in [2.75, 3.05) is 19.7 Å². The van der Waals surface area contributed by atoms with Crippen molar-refractivity contribution in [3.63, 3.8) is 0 Å². The molecule has 1 aliphatic rings. The maximum atomic E-state index is 12.8. The third kappa shape index (κ3) is 3.14. The Bertz CT molecular complexity index is 761. The second-order valence-corrected chi connectivity index (χ2v) is 5.64. The van der Waals surface area contributed by atoms with Crippen molar-refractivity contribution >= 4 is 11.9 Å². The third-order valence-electron chi connectivity index (χ3n) is 4.13. The van der Waals surface area contributed by atoms with E-state index in [1.807, 2.05) is 37.3 Å². The van der Waals surface area contributed by atoms with E-state index in [-0.39, 0.29) is 19.1 Å². The van der Waals surface area contributed by atoms with Crippen LogP contribution in [0.4, 0.5) is 0 Å². The van der Waals surface area contributed by atoms with Crippen LogP contribution in [0.15, 0.2) is 42.6 Å². The van der Waals surface area contributed by atoms with Crippen LogP contribution in [0.1, 0.15) is 15.9 Å². The third-order valence-corrected chi connectivity index (χ3v) is 4.13. The van der Waals surface area contributed by atoms with Gasteiger partial charge in [-0.05, 0) is 30.7 Å². The van der Waals surface area contributed by atoms with Gasteiger partial charge in [-0.15, -0.1) is 0 Å². The molecule has 124 valence electrons. The first-order valence-electron chi connectivity index (χ1n) is 7.72. The number of hydrogen-bond acceptors (Lipinski definition) is 4. The summed E-state index contributed by atoms with van der Waals surface area (Å²) in [5.41, 5.74) is 3.09. The van der Waals surface area contributed by atoms with E-state index in [0.717, 1.165) is 16.8 Å². The molecule has 0 spiro atoms. The molecule has 0 saturated carbocycles. The predicted molar refractivity (Wildman–Crippen MR) is 87.7 cm³/mol. The number of carboxylic acid groups (broad SMARTS) is 1. The van der Waals surface area contributed by atoms with E-state index in [9.17, 15) is 9.59 Å². The molecular formula is C18H18N2O4. The van der Waals surface area contributed by atoms with E-state index < -0.39 is 12.1 Å². The smallest absolute Gasteiger partial charge is 0.334 e. The molecule has 1 atom stereocenters. The summed E-state index contributed by atoms with van der Waals surface area (Å²) in [6.07, 6.45) is 0.741. The van der Waals surface area contributed by atoms with Crippen LogP contribution in [-0.4, -0.2) is 52.7 Å². The Morgan fingerprint density at radius 3 is 2.79 bits per heavy atom. The van der Waals surface area contributed by atoms with Crippen LogP contribution in [0, 0.1) is 6.92 Å². The first kappa shape index (κ1) is 16.1. The molecule has 0 aliphatic carbocycles. The second-order valence-electron chi connectivity index (χ2n) is 5.64. The normalized spacial score (nSPS) is 17.5. The second kappa shape index (κ2) is 6.80. The van der Waals surface area contributed by atoms with Crippen LogP contribution in [0.25, 0.3) is 11.3 Å². The molecule has 2 aromatic rings. The lowest BCUT2D eigenvalue weighted by atomic mass is 9.98. The summed E-state index contributed by atoms with van der Waals surface area (Å²) in [5.74, 6) is -1.23. The molecule has 1 aromatic carbocycles. The van der Waals surface area contributed by atoms with Crippen LogP contribution in [0.2, 0.25) is 0 Å². The van der Waals surface area contributed by atoms with Crippen molar-refractivity contribution in [1.82, 2.24) is 9.88 Å². The molecule has 1 aromatic heterocycles. The first-order chi connectivity index (χ1) is 11.6. The molecule has 1 saturated heterocycles. The zero-order valence-corrected chi connectivity index (χ0v) is 13.3. The van der Waals surface area contributed by atoms with Gasteiger partial charge in [-0.3, -0.25) is 9.78 Å². The van der Waals surface area contributed by atoms with Gasteiger partial charge in [-0.1, -0.05) is 18.2 Å². The minimum Gasteiger partial charge on any atom is -0.479 e. The Hall–Kier alpha value is -2.73. The number of ether oxygens (including phenoxy) is 1. The summed E-state index contributed by atoms with van der Waals surface area (Å²) < 4.78 is 5.18. The number of amides is 1. The zero-order valence-electron chi connectivity index (χ0n) is 13.3. The van der Waals surface area contributed by atoms with Crippen LogP contribution >= 0.6 is 0 Å². The Morgan fingerprint density at radius 1 is 1.25 bits per heavy atom. The number of aromatic nitrogens is 1. The maximum absolute atomic E-state index is 12.8. The molecule has 6 nitrogen and oxygen atoms in total. The number of nitrogens with zero attached hydrogens (tertiary/aromatic N) is 2. The number of aliphatic carboxylic acids is 1. The fraction of sp³-hybridized carbons (Fsp3) is 0.278. The Balaban J connectivity index is 1.89. The van der Waals surface area contributed by atoms with Gasteiger partial charge in [0.05, 0.1) is 18.8 Å². The largest absolute Gasteiger partial charge is 0.479 e. The highest BCUT2D eigenvalue weighted by atomic mass is 16.5. The minimum absolute atomic E-state index is 0.0570. The molecule has 2 heterocycles. The van der Waals surface area contributed by atoms with Crippen molar-refractivity contribution in [1.29, 1.82) is 0 Å². The Morgan fingerprint density at radius 2 is 2.08 bits per heavy atom. The number of benzene rings is 1. The number of carbonyl (C=O) groups excluding carboxylic acids is 1. The van der Waals surface area contributed by atoms with E-state index >= 15 is 0 Å². The lowest BCUT2D eigenvalue weighted by Gasteiger charge is -2.31. The summed E-state index contributed by atoms with van der Waals surface area (Å²) >= 11 is 0. The van der Waals surface area contributed by atoms with Crippen LogP contribution in [0.3, 0.4) is 0 Å². The maximum Gasteiger partial charge on any atom is 0.334 e. The molecule has 1 aliphatic heterocycles. The van der Waals surface area contributed by atoms with Gasteiger partial charge in [0.25, 0.3) is 5.91 Å². The Kier molecular flexibility index (Phi) is 4.57. The zero-order chi connectivity index (χ0) is 17.1. The van der Waals surface area contributed by atoms with Crippen molar-refractivity contribution in [3.8, 4) is 11.3 Å². The molecule has 1 amide bonds. The molecule has 6 heteroatoms. The molecule has 0 unspecified atom stereocenters. The van der Waals surface area contributed by atoms with Crippen molar-refractivity contribution < 1.29 is 19.4 Å². The van der Waals surface area contributed by atoms with E-state index in [1.165, 1.54) is 4.90 Å². The first-order valence-corrected chi connectivity index (χ1v) is 7.72. The number of pyridine rings is 1. The summed E-state index contributed by atoms with van der Waals surface area (Å²) in [7, 11) is 0. The lowest BCUT2D eigenvalue weighted by Crippen LogP contribution is -2.48. The van der Waals surface area contributed by atoms with Crippen LogP contribution in [-0.2, 0) is 9.53 Å². The molecule has 0 radical (unpaired) electrons. The summed E-state index contributed by atoms with van der Waals surface area (Å²) in [4.78, 5) is 29.8. The van der Waals surface area contributed by atoms with Gasteiger partial charge in [0.15, 0.2) is 6.10 Å². The highest BCUT2D eigenvalue weighted by molar-refractivity contribution is 5.97. The van der Waals surface area contributed by atoms with E-state index in [2.05, 4.69) is 4.98 Å². The number of rotatable bonds is 3. The van der Waals surface area contributed by atoms with Gasteiger partial charge in [0.1, 0.15) is 0 Å². The Labute approximate surface area is 139 Å². The van der Waals surface area contributed by atoms with Gasteiger partial charge >= 0.3 is 5.97 Å². The summed E-state index contributed by atoms with van der Waals surface area (Å²) in [5, 5.41) is 9.08. The molecule has 0 bridgehead atoms. The highest BCUT2D eigenvalue weighted by Crippen LogP contribution is 2.25. The number of morpholine rings is 1. The monoisotopic (exact) mass is 326 g/mol. The SMILES string of the molecule is Cc1c(C(=O)N2CCO[C@@H](C(=O)O)C2)cccc1-c1ccccn1. The van der Waals surface area contributed by atoms with Gasteiger partial charge in [0, 0.05) is 23.9 Å².